The third-order valence-corrected chi connectivity index (χ3v) is 10.7. The van der Waals surface area contributed by atoms with Gasteiger partial charge in [-0.2, -0.15) is 10.4 Å². The molecule has 0 aliphatic heterocycles. The lowest BCUT2D eigenvalue weighted by Crippen LogP contribution is -2.54. The molecule has 8 unspecified atom stereocenters. The molecule has 5 rings (SSSR count). The predicted octanol–water partition coefficient (Wildman–Crippen LogP) is 5.80. The number of fused-ring (bicyclic) bond motifs is 5. The third-order valence-electron chi connectivity index (χ3n) is 10.7. The summed E-state index contributed by atoms with van der Waals surface area (Å²) in [6.45, 7) is 10.1. The number of nitrogens with zero attached hydrogens (tertiary/aromatic N) is 3. The molecule has 1 heterocycles. The average molecular weight is 424 g/mol. The molecule has 1 aromatic heterocycles. The van der Waals surface area contributed by atoms with Crippen LogP contribution in [0.4, 0.5) is 0 Å². The Morgan fingerprint density at radius 1 is 1.13 bits per heavy atom. The highest BCUT2D eigenvalue weighted by molar-refractivity contribution is 5.21. The Balaban J connectivity index is 1.36. The van der Waals surface area contributed by atoms with Crippen molar-refractivity contribution in [2.24, 2.45) is 46.3 Å². The van der Waals surface area contributed by atoms with E-state index in [4.69, 9.17) is 5.26 Å². The van der Waals surface area contributed by atoms with Crippen molar-refractivity contribution in [2.45, 2.75) is 97.6 Å². The summed E-state index contributed by atoms with van der Waals surface area (Å²) >= 11 is 0. The van der Waals surface area contributed by atoms with Crippen molar-refractivity contribution in [3.63, 3.8) is 0 Å². The van der Waals surface area contributed by atoms with Crippen LogP contribution < -0.4 is 0 Å². The first-order valence-electron chi connectivity index (χ1n) is 12.8. The van der Waals surface area contributed by atoms with E-state index in [0.29, 0.717) is 23.4 Å². The first kappa shape index (κ1) is 21.5. The Morgan fingerprint density at radius 3 is 2.58 bits per heavy atom. The van der Waals surface area contributed by atoms with Crippen LogP contribution in [0.1, 0.15) is 91.0 Å². The van der Waals surface area contributed by atoms with Crippen molar-refractivity contribution in [1.29, 1.82) is 5.26 Å². The van der Waals surface area contributed by atoms with Crippen LogP contribution >= 0.6 is 0 Å². The molecule has 31 heavy (non-hydrogen) atoms. The molecule has 0 amide bonds. The van der Waals surface area contributed by atoms with Crippen LogP contribution in [-0.2, 0) is 6.54 Å². The Labute approximate surface area is 188 Å². The Morgan fingerprint density at radius 2 is 1.84 bits per heavy atom. The van der Waals surface area contributed by atoms with Gasteiger partial charge >= 0.3 is 0 Å². The minimum absolute atomic E-state index is 0.228. The summed E-state index contributed by atoms with van der Waals surface area (Å²) < 4.78 is 1.77. The predicted molar refractivity (Wildman–Crippen MR) is 122 cm³/mol. The third kappa shape index (κ3) is 3.38. The number of rotatable bonds is 3. The van der Waals surface area contributed by atoms with Gasteiger partial charge in [0.2, 0.25) is 0 Å². The monoisotopic (exact) mass is 423 g/mol. The zero-order valence-electron chi connectivity index (χ0n) is 20.0. The first-order chi connectivity index (χ1) is 14.7. The number of hydrogen-bond donors (Lipinski definition) is 1. The maximum Gasteiger partial charge on any atom is 0.102 e. The van der Waals surface area contributed by atoms with Crippen molar-refractivity contribution >= 4 is 0 Å². The molecular formula is C27H41N3O. The molecule has 1 N–H and O–H groups in total. The quantitative estimate of drug-likeness (QED) is 0.668. The maximum atomic E-state index is 11.7. The number of aliphatic hydroxyl groups is 1. The van der Waals surface area contributed by atoms with Crippen molar-refractivity contribution in [1.82, 2.24) is 9.78 Å². The fraction of sp³-hybridized carbons (Fsp3) is 0.852. The molecule has 170 valence electrons. The molecule has 0 spiro atoms. The molecule has 4 aliphatic rings. The molecule has 4 heteroatoms. The molecule has 4 fully saturated rings. The second-order valence-electron chi connectivity index (χ2n) is 12.7. The van der Waals surface area contributed by atoms with Crippen molar-refractivity contribution < 1.29 is 5.11 Å². The molecule has 0 bridgehead atoms. The lowest BCUT2D eigenvalue weighted by atomic mass is 9.45. The fourth-order valence-corrected chi connectivity index (χ4v) is 9.58. The summed E-state index contributed by atoms with van der Waals surface area (Å²) in [5, 5.41) is 25.1. The lowest BCUT2D eigenvalue weighted by Gasteiger charge is -2.60. The van der Waals surface area contributed by atoms with E-state index in [1.807, 2.05) is 6.92 Å². The van der Waals surface area contributed by atoms with Gasteiger partial charge in [0.1, 0.15) is 6.07 Å². The van der Waals surface area contributed by atoms with Gasteiger partial charge < -0.3 is 5.11 Å². The van der Waals surface area contributed by atoms with E-state index in [2.05, 4.69) is 31.9 Å². The van der Waals surface area contributed by atoms with Gasteiger partial charge in [0.15, 0.2) is 0 Å². The summed E-state index contributed by atoms with van der Waals surface area (Å²) in [6.07, 6.45) is 15.5. The Hall–Kier alpha value is -1.34. The van der Waals surface area contributed by atoms with Crippen LogP contribution in [0.2, 0.25) is 0 Å². The highest BCUT2D eigenvalue weighted by Crippen LogP contribution is 2.68. The molecule has 0 aromatic carbocycles. The van der Waals surface area contributed by atoms with Gasteiger partial charge in [0.25, 0.3) is 0 Å². The van der Waals surface area contributed by atoms with E-state index >= 15 is 0 Å². The molecule has 1 aromatic rings. The zero-order valence-corrected chi connectivity index (χ0v) is 20.0. The van der Waals surface area contributed by atoms with Crippen molar-refractivity contribution in [3.8, 4) is 6.07 Å². The summed E-state index contributed by atoms with van der Waals surface area (Å²) in [5.74, 6) is 4.68. The van der Waals surface area contributed by atoms with Crippen molar-refractivity contribution in [3.05, 3.63) is 18.0 Å². The van der Waals surface area contributed by atoms with Gasteiger partial charge in [-0.1, -0.05) is 27.2 Å². The second kappa shape index (κ2) is 7.34. The topological polar surface area (TPSA) is 61.8 Å². The SMILES string of the molecule is CC1CCC2C3CCC4(C)C(CCC4[C@@](C)(O)Cn4cc(C#N)cn4)C3CCC2(C)C1. The fourth-order valence-electron chi connectivity index (χ4n) is 9.58. The van der Waals surface area contributed by atoms with Gasteiger partial charge in [-0.05, 0) is 105 Å². The second-order valence-corrected chi connectivity index (χ2v) is 12.7. The van der Waals surface area contributed by atoms with Crippen LogP contribution in [0.15, 0.2) is 12.4 Å². The van der Waals surface area contributed by atoms with E-state index in [1.165, 1.54) is 51.4 Å². The molecule has 4 saturated carbocycles. The number of aromatic nitrogens is 2. The summed E-state index contributed by atoms with van der Waals surface area (Å²) in [5.41, 5.74) is 0.581. The van der Waals surface area contributed by atoms with E-state index in [0.717, 1.165) is 36.0 Å². The molecule has 9 atom stereocenters. The average Bonchev–Trinajstić information content (AvgIpc) is 3.30. The summed E-state index contributed by atoms with van der Waals surface area (Å²) in [6, 6.07) is 2.15. The molecule has 0 radical (unpaired) electrons. The van der Waals surface area contributed by atoms with Gasteiger partial charge in [0, 0.05) is 6.20 Å². The van der Waals surface area contributed by atoms with Crippen LogP contribution in [0.25, 0.3) is 0 Å². The van der Waals surface area contributed by atoms with Gasteiger partial charge in [-0.25, -0.2) is 0 Å². The van der Waals surface area contributed by atoms with Crippen LogP contribution in [0.3, 0.4) is 0 Å². The molecule has 4 aliphatic carbocycles. The van der Waals surface area contributed by atoms with Crippen LogP contribution in [0, 0.1) is 57.7 Å². The zero-order chi connectivity index (χ0) is 22.0. The maximum absolute atomic E-state index is 11.7. The van der Waals surface area contributed by atoms with E-state index in [9.17, 15) is 5.11 Å². The Bertz CT molecular complexity index is 868. The molecule has 4 nitrogen and oxygen atoms in total. The van der Waals surface area contributed by atoms with Crippen molar-refractivity contribution in [2.75, 3.05) is 0 Å². The van der Waals surface area contributed by atoms with E-state index in [-0.39, 0.29) is 5.41 Å². The highest BCUT2D eigenvalue weighted by Gasteiger charge is 2.61. The van der Waals surface area contributed by atoms with Gasteiger partial charge in [-0.3, -0.25) is 4.68 Å². The van der Waals surface area contributed by atoms with E-state index < -0.39 is 5.60 Å². The lowest BCUT2D eigenvalue weighted by molar-refractivity contribution is -0.131. The minimum Gasteiger partial charge on any atom is -0.388 e. The number of nitriles is 1. The molecule has 0 saturated heterocycles. The highest BCUT2D eigenvalue weighted by atomic mass is 16.3. The van der Waals surface area contributed by atoms with Gasteiger partial charge in [-0.15, -0.1) is 0 Å². The first-order valence-corrected chi connectivity index (χ1v) is 12.8. The number of hydrogen-bond acceptors (Lipinski definition) is 3. The standard InChI is InChI=1S/C27H41N3O/c1-18-5-6-22-20-10-12-26(3)23(21(20)9-11-25(22,2)13-18)7-8-24(26)27(4,31)17-30-16-19(14-28)15-29-30/h15-16,18,20-24,31H,5-13,17H2,1-4H3/t18?,20?,21?,22?,23?,24?,25?,26?,27-/m0/s1. The molecular weight excluding hydrogens is 382 g/mol. The van der Waals surface area contributed by atoms with Crippen LogP contribution in [0.5, 0.6) is 0 Å². The Kier molecular flexibility index (Phi) is 5.09. The summed E-state index contributed by atoms with van der Waals surface area (Å²) in [7, 11) is 0. The minimum atomic E-state index is -0.793. The normalized spacial score (nSPS) is 46.3. The van der Waals surface area contributed by atoms with E-state index in [1.54, 1.807) is 17.1 Å². The van der Waals surface area contributed by atoms with Gasteiger partial charge in [0.05, 0.1) is 23.9 Å². The smallest absolute Gasteiger partial charge is 0.102 e. The van der Waals surface area contributed by atoms with Crippen LogP contribution in [-0.4, -0.2) is 20.5 Å². The summed E-state index contributed by atoms with van der Waals surface area (Å²) in [4.78, 5) is 0. The largest absolute Gasteiger partial charge is 0.388 e.